The minimum absolute atomic E-state index is 0.0194. The lowest BCUT2D eigenvalue weighted by Gasteiger charge is -2.34. The lowest BCUT2D eigenvalue weighted by Crippen LogP contribution is -2.46. The molecule has 0 spiro atoms. The summed E-state index contributed by atoms with van der Waals surface area (Å²) in [6.45, 7) is 11.9. The smallest absolute Gasteiger partial charge is 0.0583 e. The molecule has 3 heteroatoms. The number of aliphatic hydroxyl groups excluding tert-OH is 1. The molecule has 5 atom stereocenters. The molecular weight excluding hydrogens is 260 g/mol. The van der Waals surface area contributed by atoms with Crippen LogP contribution in [-0.4, -0.2) is 48.3 Å². The van der Waals surface area contributed by atoms with E-state index in [0.29, 0.717) is 17.4 Å². The van der Waals surface area contributed by atoms with Crippen LogP contribution in [0.4, 0.5) is 0 Å². The van der Waals surface area contributed by atoms with Crippen LogP contribution < -0.4 is 5.32 Å². The quantitative estimate of drug-likeness (QED) is 0.818. The molecule has 3 fully saturated rings. The van der Waals surface area contributed by atoms with Gasteiger partial charge in [0.05, 0.1) is 6.10 Å². The van der Waals surface area contributed by atoms with Gasteiger partial charge in [-0.05, 0) is 55.9 Å². The molecule has 2 saturated carbocycles. The predicted octanol–water partition coefficient (Wildman–Crippen LogP) is 2.49. The number of aliphatic hydroxyl groups is 1. The maximum Gasteiger partial charge on any atom is 0.0583 e. The number of likely N-dealkylation sites (tertiary alicyclic amines) is 1. The Morgan fingerprint density at radius 2 is 2.00 bits per heavy atom. The van der Waals surface area contributed by atoms with Crippen molar-refractivity contribution < 1.29 is 5.11 Å². The van der Waals surface area contributed by atoms with E-state index in [-0.39, 0.29) is 6.10 Å². The third-order valence-electron chi connectivity index (χ3n) is 6.47. The van der Waals surface area contributed by atoms with E-state index in [1.165, 1.54) is 38.8 Å². The van der Waals surface area contributed by atoms with Gasteiger partial charge in [-0.3, -0.25) is 0 Å². The average molecular weight is 294 g/mol. The van der Waals surface area contributed by atoms with Crippen molar-refractivity contribution in [3.63, 3.8) is 0 Å². The predicted molar refractivity (Wildman–Crippen MR) is 87.2 cm³/mol. The van der Waals surface area contributed by atoms with Gasteiger partial charge in [0.15, 0.2) is 0 Å². The number of nitrogens with zero attached hydrogens (tertiary/aromatic N) is 1. The van der Waals surface area contributed by atoms with E-state index in [1.807, 2.05) is 0 Å². The van der Waals surface area contributed by atoms with Crippen LogP contribution >= 0.6 is 0 Å². The number of rotatable bonds is 5. The highest BCUT2D eigenvalue weighted by Crippen LogP contribution is 2.43. The Labute approximate surface area is 130 Å². The van der Waals surface area contributed by atoms with Gasteiger partial charge < -0.3 is 15.3 Å². The summed E-state index contributed by atoms with van der Waals surface area (Å²) in [7, 11) is 0. The standard InChI is InChI=1S/C18H34N2O/c1-4-9-19-17-14(7-8-18(17,2)3)11-20-10-13-5-6-16(21)15(13)12-20/h13-17,19,21H,4-12H2,1-3H3. The van der Waals surface area contributed by atoms with Gasteiger partial charge >= 0.3 is 0 Å². The first-order valence-corrected chi connectivity index (χ1v) is 9.15. The van der Waals surface area contributed by atoms with Gasteiger partial charge in [0.25, 0.3) is 0 Å². The van der Waals surface area contributed by atoms with E-state index in [1.54, 1.807) is 0 Å². The second-order valence-electron chi connectivity index (χ2n) is 8.51. The summed E-state index contributed by atoms with van der Waals surface area (Å²) in [6.07, 6.45) is 6.20. The zero-order chi connectivity index (χ0) is 15.0. The van der Waals surface area contributed by atoms with Crippen molar-refractivity contribution in [3.8, 4) is 0 Å². The van der Waals surface area contributed by atoms with Crippen molar-refractivity contribution in [2.75, 3.05) is 26.2 Å². The summed E-state index contributed by atoms with van der Waals surface area (Å²) in [6, 6.07) is 0.669. The van der Waals surface area contributed by atoms with Crippen molar-refractivity contribution >= 4 is 0 Å². The minimum atomic E-state index is -0.0194. The van der Waals surface area contributed by atoms with Crippen molar-refractivity contribution in [3.05, 3.63) is 0 Å². The topological polar surface area (TPSA) is 35.5 Å². The van der Waals surface area contributed by atoms with Crippen molar-refractivity contribution in [2.24, 2.45) is 23.2 Å². The second kappa shape index (κ2) is 6.17. The van der Waals surface area contributed by atoms with Gasteiger partial charge in [-0.25, -0.2) is 0 Å². The molecule has 0 aromatic carbocycles. The zero-order valence-electron chi connectivity index (χ0n) is 14.1. The van der Waals surface area contributed by atoms with Gasteiger partial charge in [0, 0.05) is 31.6 Å². The maximum atomic E-state index is 10.1. The fourth-order valence-corrected chi connectivity index (χ4v) is 5.27. The molecule has 1 saturated heterocycles. The van der Waals surface area contributed by atoms with Crippen molar-refractivity contribution in [2.45, 2.75) is 65.0 Å². The lowest BCUT2D eigenvalue weighted by atomic mass is 9.84. The van der Waals surface area contributed by atoms with E-state index < -0.39 is 0 Å². The molecule has 1 aliphatic heterocycles. The fourth-order valence-electron chi connectivity index (χ4n) is 5.27. The monoisotopic (exact) mass is 294 g/mol. The third-order valence-corrected chi connectivity index (χ3v) is 6.47. The largest absolute Gasteiger partial charge is 0.393 e. The number of nitrogens with one attached hydrogen (secondary N) is 1. The average Bonchev–Trinajstić information content (AvgIpc) is 3.05. The van der Waals surface area contributed by atoms with Crippen molar-refractivity contribution in [1.29, 1.82) is 0 Å². The highest BCUT2D eigenvalue weighted by molar-refractivity contribution is 4.99. The van der Waals surface area contributed by atoms with Crippen LogP contribution in [0.1, 0.15) is 52.9 Å². The summed E-state index contributed by atoms with van der Waals surface area (Å²) >= 11 is 0. The maximum absolute atomic E-state index is 10.1. The van der Waals surface area contributed by atoms with Crippen molar-refractivity contribution in [1.82, 2.24) is 10.2 Å². The minimum Gasteiger partial charge on any atom is -0.393 e. The molecular formula is C18H34N2O. The van der Waals surface area contributed by atoms with Gasteiger partial charge in [0.1, 0.15) is 0 Å². The summed E-state index contributed by atoms with van der Waals surface area (Å²) in [5, 5.41) is 13.9. The Hall–Kier alpha value is -0.120. The van der Waals surface area contributed by atoms with Crippen LogP contribution in [0, 0.1) is 23.2 Å². The normalized spacial score (nSPS) is 42.6. The number of hydrogen-bond donors (Lipinski definition) is 2. The van der Waals surface area contributed by atoms with E-state index >= 15 is 0 Å². The molecule has 3 aliphatic rings. The molecule has 0 aromatic heterocycles. The van der Waals surface area contributed by atoms with Crippen LogP contribution in [0.2, 0.25) is 0 Å². The first-order chi connectivity index (χ1) is 10.0. The Morgan fingerprint density at radius 3 is 2.71 bits per heavy atom. The first-order valence-electron chi connectivity index (χ1n) is 9.15. The molecule has 0 amide bonds. The molecule has 5 unspecified atom stereocenters. The molecule has 2 N–H and O–H groups in total. The second-order valence-corrected chi connectivity index (χ2v) is 8.51. The van der Waals surface area contributed by atoms with Gasteiger partial charge in [-0.1, -0.05) is 20.8 Å². The molecule has 3 nitrogen and oxygen atoms in total. The van der Waals surface area contributed by atoms with Gasteiger partial charge in [-0.2, -0.15) is 0 Å². The third kappa shape index (κ3) is 3.16. The van der Waals surface area contributed by atoms with E-state index in [9.17, 15) is 5.11 Å². The Morgan fingerprint density at radius 1 is 1.19 bits per heavy atom. The summed E-state index contributed by atoms with van der Waals surface area (Å²) in [5.74, 6) is 2.14. The number of fused-ring (bicyclic) bond motifs is 1. The van der Waals surface area contributed by atoms with Gasteiger partial charge in [0.2, 0.25) is 0 Å². The molecule has 0 bridgehead atoms. The van der Waals surface area contributed by atoms with E-state index in [0.717, 1.165) is 31.3 Å². The summed E-state index contributed by atoms with van der Waals surface area (Å²) < 4.78 is 0. The first kappa shape index (κ1) is 15.8. The zero-order valence-corrected chi connectivity index (χ0v) is 14.1. The van der Waals surface area contributed by atoms with Crippen LogP contribution in [0.15, 0.2) is 0 Å². The van der Waals surface area contributed by atoms with Crippen LogP contribution in [-0.2, 0) is 0 Å². The van der Waals surface area contributed by atoms with Crippen LogP contribution in [0.3, 0.4) is 0 Å². The molecule has 1 heterocycles. The van der Waals surface area contributed by atoms with Gasteiger partial charge in [-0.15, -0.1) is 0 Å². The van der Waals surface area contributed by atoms with E-state index in [4.69, 9.17) is 0 Å². The molecule has 0 radical (unpaired) electrons. The van der Waals surface area contributed by atoms with Crippen LogP contribution in [0.5, 0.6) is 0 Å². The Balaban J connectivity index is 1.57. The molecule has 2 aliphatic carbocycles. The van der Waals surface area contributed by atoms with Crippen LogP contribution in [0.25, 0.3) is 0 Å². The fraction of sp³-hybridized carbons (Fsp3) is 1.00. The molecule has 21 heavy (non-hydrogen) atoms. The summed E-state index contributed by atoms with van der Waals surface area (Å²) in [5.41, 5.74) is 0.439. The van der Waals surface area contributed by atoms with E-state index in [2.05, 4.69) is 31.0 Å². The molecule has 122 valence electrons. The highest BCUT2D eigenvalue weighted by atomic mass is 16.3. The number of hydrogen-bond acceptors (Lipinski definition) is 3. The highest BCUT2D eigenvalue weighted by Gasteiger charge is 2.45. The molecule has 3 rings (SSSR count). The lowest BCUT2D eigenvalue weighted by molar-refractivity contribution is 0.120. The SMILES string of the molecule is CCCNC1C(CN2CC3CCC(O)C3C2)CCC1(C)C. The molecule has 0 aromatic rings. The Kier molecular flexibility index (Phi) is 4.63. The Bertz CT molecular complexity index is 357. The summed E-state index contributed by atoms with van der Waals surface area (Å²) in [4.78, 5) is 2.66.